The molecule has 1 fully saturated rings. The highest BCUT2D eigenvalue weighted by Crippen LogP contribution is 2.22. The minimum absolute atomic E-state index is 0.0721. The van der Waals surface area contributed by atoms with Crippen molar-refractivity contribution in [1.82, 2.24) is 19.9 Å². The van der Waals surface area contributed by atoms with Gasteiger partial charge in [0.15, 0.2) is 5.76 Å². The minimum Gasteiger partial charge on any atom is -0.459 e. The van der Waals surface area contributed by atoms with Gasteiger partial charge in [-0.3, -0.25) is 4.79 Å². The third-order valence-electron chi connectivity index (χ3n) is 3.57. The average Bonchev–Trinajstić information content (AvgIpc) is 3.24. The molecule has 7 nitrogen and oxygen atoms in total. The first-order valence-corrected chi connectivity index (χ1v) is 7.09. The summed E-state index contributed by atoms with van der Waals surface area (Å²) < 4.78 is 12.3. The number of likely N-dealkylation sites (tertiary alicyclic amines) is 1. The van der Waals surface area contributed by atoms with Crippen molar-refractivity contribution in [3.05, 3.63) is 36.0 Å². The quantitative estimate of drug-likeness (QED) is 0.834. The Morgan fingerprint density at radius 1 is 1.57 bits per heavy atom. The van der Waals surface area contributed by atoms with Gasteiger partial charge in [0, 0.05) is 19.7 Å². The van der Waals surface area contributed by atoms with Crippen LogP contribution >= 0.6 is 0 Å². The van der Waals surface area contributed by atoms with Crippen molar-refractivity contribution in [2.24, 2.45) is 0 Å². The number of carbonyl (C=O) groups is 1. The molecule has 2 aromatic heterocycles. The van der Waals surface area contributed by atoms with Gasteiger partial charge in [-0.05, 0) is 25.5 Å². The topological polar surface area (TPSA) is 73.4 Å². The highest BCUT2D eigenvalue weighted by Gasteiger charge is 2.29. The maximum atomic E-state index is 12.2. The smallest absolute Gasteiger partial charge is 0.289 e. The van der Waals surface area contributed by atoms with E-state index in [1.165, 1.54) is 6.26 Å². The normalized spacial score (nSPS) is 18.3. The SMILES string of the molecule is CCOCc1cn(C2CCN(C(=O)c3ccco3)C2)nn1. The summed E-state index contributed by atoms with van der Waals surface area (Å²) in [6.07, 6.45) is 4.27. The van der Waals surface area contributed by atoms with Gasteiger partial charge in [-0.25, -0.2) is 4.68 Å². The summed E-state index contributed by atoms with van der Waals surface area (Å²) in [5.74, 6) is 0.309. The van der Waals surface area contributed by atoms with Crippen molar-refractivity contribution in [1.29, 1.82) is 0 Å². The van der Waals surface area contributed by atoms with Crippen LogP contribution in [0.5, 0.6) is 0 Å². The number of amides is 1. The van der Waals surface area contributed by atoms with E-state index < -0.39 is 0 Å². The van der Waals surface area contributed by atoms with Crippen LogP contribution in [-0.4, -0.2) is 45.5 Å². The third kappa shape index (κ3) is 2.97. The number of furan rings is 1. The number of nitrogens with zero attached hydrogens (tertiary/aromatic N) is 4. The van der Waals surface area contributed by atoms with Crippen molar-refractivity contribution in [2.45, 2.75) is 26.0 Å². The number of carbonyl (C=O) groups excluding carboxylic acids is 1. The van der Waals surface area contributed by atoms with Crippen LogP contribution in [0.4, 0.5) is 0 Å². The molecular formula is C14H18N4O3. The van der Waals surface area contributed by atoms with E-state index in [0.29, 0.717) is 32.1 Å². The summed E-state index contributed by atoms with van der Waals surface area (Å²) in [6.45, 7) is 4.39. The highest BCUT2D eigenvalue weighted by molar-refractivity contribution is 5.91. The van der Waals surface area contributed by atoms with E-state index in [4.69, 9.17) is 9.15 Å². The molecule has 0 N–H and O–H groups in total. The maximum Gasteiger partial charge on any atom is 0.289 e. The molecule has 1 aliphatic heterocycles. The monoisotopic (exact) mass is 290 g/mol. The number of rotatable bonds is 5. The fourth-order valence-electron chi connectivity index (χ4n) is 2.46. The number of aromatic nitrogens is 3. The molecule has 1 aliphatic rings. The Balaban J connectivity index is 1.61. The highest BCUT2D eigenvalue weighted by atomic mass is 16.5. The van der Waals surface area contributed by atoms with E-state index in [2.05, 4.69) is 10.3 Å². The number of hydrogen-bond acceptors (Lipinski definition) is 5. The van der Waals surface area contributed by atoms with Crippen molar-refractivity contribution >= 4 is 5.91 Å². The molecule has 0 radical (unpaired) electrons. The zero-order valence-corrected chi connectivity index (χ0v) is 11.9. The van der Waals surface area contributed by atoms with Crippen LogP contribution in [0, 0.1) is 0 Å². The predicted molar refractivity (Wildman–Crippen MR) is 73.6 cm³/mol. The molecule has 1 unspecified atom stereocenters. The molecule has 1 saturated heterocycles. The lowest BCUT2D eigenvalue weighted by Gasteiger charge is -2.14. The van der Waals surface area contributed by atoms with E-state index in [9.17, 15) is 4.79 Å². The summed E-state index contributed by atoms with van der Waals surface area (Å²) in [5, 5.41) is 8.22. The fraction of sp³-hybridized carbons (Fsp3) is 0.500. The first-order valence-electron chi connectivity index (χ1n) is 7.09. The lowest BCUT2D eigenvalue weighted by molar-refractivity contribution is 0.0755. The molecule has 3 rings (SSSR count). The molecule has 0 aliphatic carbocycles. The second-order valence-corrected chi connectivity index (χ2v) is 5.00. The van der Waals surface area contributed by atoms with Crippen LogP contribution in [0.1, 0.15) is 35.6 Å². The van der Waals surface area contributed by atoms with Crippen molar-refractivity contribution in [3.8, 4) is 0 Å². The van der Waals surface area contributed by atoms with Crippen LogP contribution in [0.15, 0.2) is 29.0 Å². The van der Waals surface area contributed by atoms with Gasteiger partial charge in [0.25, 0.3) is 5.91 Å². The third-order valence-corrected chi connectivity index (χ3v) is 3.57. The Labute approximate surface area is 122 Å². The molecule has 112 valence electrons. The van der Waals surface area contributed by atoms with Gasteiger partial charge < -0.3 is 14.1 Å². The van der Waals surface area contributed by atoms with E-state index in [0.717, 1.165) is 12.1 Å². The standard InChI is InChI=1S/C14H18N4O3/c1-2-20-10-11-8-18(16-15-11)12-5-6-17(9-12)14(19)13-4-3-7-21-13/h3-4,7-8,12H,2,5-6,9-10H2,1H3. The Morgan fingerprint density at radius 2 is 2.48 bits per heavy atom. The lowest BCUT2D eigenvalue weighted by Crippen LogP contribution is -2.28. The average molecular weight is 290 g/mol. The van der Waals surface area contributed by atoms with Crippen LogP contribution in [-0.2, 0) is 11.3 Å². The van der Waals surface area contributed by atoms with E-state index in [-0.39, 0.29) is 11.9 Å². The zero-order valence-electron chi connectivity index (χ0n) is 11.9. The second kappa shape index (κ2) is 6.09. The number of hydrogen-bond donors (Lipinski definition) is 0. The summed E-state index contributed by atoms with van der Waals surface area (Å²) in [5.41, 5.74) is 0.813. The molecule has 3 heterocycles. The van der Waals surface area contributed by atoms with Gasteiger partial charge in [0.05, 0.1) is 25.1 Å². The molecule has 0 saturated carbocycles. The largest absolute Gasteiger partial charge is 0.459 e. The second-order valence-electron chi connectivity index (χ2n) is 5.00. The van der Waals surface area contributed by atoms with Crippen molar-refractivity contribution < 1.29 is 13.9 Å². The van der Waals surface area contributed by atoms with Crippen LogP contribution in [0.25, 0.3) is 0 Å². The van der Waals surface area contributed by atoms with Crippen LogP contribution in [0.2, 0.25) is 0 Å². The molecular weight excluding hydrogens is 272 g/mol. The summed E-state index contributed by atoms with van der Waals surface area (Å²) >= 11 is 0. The minimum atomic E-state index is -0.0721. The first-order chi connectivity index (χ1) is 10.3. The molecule has 7 heteroatoms. The summed E-state index contributed by atoms with van der Waals surface area (Å²) in [6, 6.07) is 3.57. The Kier molecular flexibility index (Phi) is 4.01. The Bertz CT molecular complexity index is 593. The van der Waals surface area contributed by atoms with Gasteiger partial charge in [0.1, 0.15) is 5.69 Å². The molecule has 0 aromatic carbocycles. The van der Waals surface area contributed by atoms with Gasteiger partial charge in [-0.2, -0.15) is 0 Å². The molecule has 0 bridgehead atoms. The molecule has 1 amide bonds. The lowest BCUT2D eigenvalue weighted by atomic mass is 10.3. The zero-order chi connectivity index (χ0) is 14.7. The predicted octanol–water partition coefficient (Wildman–Crippen LogP) is 1.49. The maximum absolute atomic E-state index is 12.2. The van der Waals surface area contributed by atoms with E-state index in [1.54, 1.807) is 17.0 Å². The molecule has 2 aromatic rings. The van der Waals surface area contributed by atoms with Gasteiger partial charge in [-0.15, -0.1) is 5.10 Å². The van der Waals surface area contributed by atoms with Crippen LogP contribution < -0.4 is 0 Å². The fourth-order valence-corrected chi connectivity index (χ4v) is 2.46. The summed E-state index contributed by atoms with van der Waals surface area (Å²) in [7, 11) is 0. The molecule has 1 atom stereocenters. The van der Waals surface area contributed by atoms with Crippen molar-refractivity contribution in [2.75, 3.05) is 19.7 Å². The van der Waals surface area contributed by atoms with Crippen molar-refractivity contribution in [3.63, 3.8) is 0 Å². The number of ether oxygens (including phenoxy) is 1. The van der Waals surface area contributed by atoms with Gasteiger partial charge >= 0.3 is 0 Å². The van der Waals surface area contributed by atoms with E-state index >= 15 is 0 Å². The molecule has 0 spiro atoms. The first kappa shape index (κ1) is 13.8. The summed E-state index contributed by atoms with van der Waals surface area (Å²) in [4.78, 5) is 14.0. The van der Waals surface area contributed by atoms with E-state index in [1.807, 2.05) is 17.8 Å². The van der Waals surface area contributed by atoms with Gasteiger partial charge in [-0.1, -0.05) is 5.21 Å². The van der Waals surface area contributed by atoms with Gasteiger partial charge in [0.2, 0.25) is 0 Å². The molecule has 21 heavy (non-hydrogen) atoms. The Morgan fingerprint density at radius 3 is 3.24 bits per heavy atom. The van der Waals surface area contributed by atoms with Crippen LogP contribution in [0.3, 0.4) is 0 Å². The Hall–Kier alpha value is -2.15.